The number of hydrogen-bond donors (Lipinski definition) is 2. The average Bonchev–Trinajstić information content (AvgIpc) is 3.32. The summed E-state index contributed by atoms with van der Waals surface area (Å²) >= 11 is 0. The number of allylic oxidation sites excluding steroid dienone is 1. The number of nitrogens with one attached hydrogen (secondary N) is 2. The number of aromatic nitrogens is 1. The van der Waals surface area contributed by atoms with E-state index in [1.54, 1.807) is 30.5 Å². The van der Waals surface area contributed by atoms with Crippen molar-refractivity contribution in [2.75, 3.05) is 0 Å². The van der Waals surface area contributed by atoms with E-state index >= 15 is 4.39 Å². The summed E-state index contributed by atoms with van der Waals surface area (Å²) in [6, 6.07) is 14.3. The Labute approximate surface area is 235 Å². The van der Waals surface area contributed by atoms with Crippen molar-refractivity contribution in [3.05, 3.63) is 105 Å². The predicted molar refractivity (Wildman–Crippen MR) is 155 cm³/mol. The van der Waals surface area contributed by atoms with E-state index in [4.69, 9.17) is 4.74 Å². The van der Waals surface area contributed by atoms with Gasteiger partial charge in [0.2, 0.25) is 0 Å². The number of carbonyl (C=O) groups is 2. The first kappa shape index (κ1) is 29.0. The van der Waals surface area contributed by atoms with Crippen molar-refractivity contribution >= 4 is 17.4 Å². The van der Waals surface area contributed by atoms with Gasteiger partial charge in [0.25, 0.3) is 5.91 Å². The first-order valence-electron chi connectivity index (χ1n) is 13.7. The minimum Gasteiger partial charge on any atom is -0.455 e. The third-order valence-electron chi connectivity index (χ3n) is 6.70. The topological polar surface area (TPSA) is 83.6 Å². The van der Waals surface area contributed by atoms with Crippen LogP contribution < -0.4 is 16.0 Å². The maximum absolute atomic E-state index is 15.3. The highest BCUT2D eigenvalue weighted by atomic mass is 19.1. The standard InChI is InChI=1S/C33H38FN3O3/c1-32(2,3)24-15-13-21(14-16-24)30(38)36-20-23-12-11-22(18-27(23)34)25-10-8-7-9-17-35-29-26(25)19-28(37-29)31(39)40-33(4,5)6/h9,11-19H,7-8,10,20H2,1-6H3,(H,35,37)(H,36,38). The van der Waals surface area contributed by atoms with Gasteiger partial charge in [-0.1, -0.05) is 51.1 Å². The van der Waals surface area contributed by atoms with Crippen LogP contribution in [0.15, 0.2) is 65.8 Å². The van der Waals surface area contributed by atoms with Gasteiger partial charge in [-0.3, -0.25) is 4.79 Å². The summed E-state index contributed by atoms with van der Waals surface area (Å²) in [5.41, 5.74) is 3.85. The van der Waals surface area contributed by atoms with Crippen molar-refractivity contribution in [2.24, 2.45) is 4.99 Å². The Morgan fingerprint density at radius 2 is 1.75 bits per heavy atom. The minimum absolute atomic E-state index is 0.00341. The quantitative estimate of drug-likeness (QED) is 0.396. The van der Waals surface area contributed by atoms with Crippen LogP contribution in [0, 0.1) is 5.82 Å². The molecular formula is C33H38FN3O3. The molecule has 0 atom stereocenters. The van der Waals surface area contributed by atoms with E-state index in [0.717, 1.165) is 29.2 Å². The molecule has 0 bridgehead atoms. The molecule has 0 saturated carbocycles. The minimum atomic E-state index is -0.637. The zero-order valence-corrected chi connectivity index (χ0v) is 24.2. The van der Waals surface area contributed by atoms with Crippen molar-refractivity contribution < 1.29 is 18.7 Å². The lowest BCUT2D eigenvalue weighted by Crippen LogP contribution is -2.26. The first-order valence-corrected chi connectivity index (χ1v) is 13.7. The molecule has 1 aliphatic rings. The number of nitrogens with zero attached hydrogens (tertiary/aromatic N) is 1. The molecule has 2 aromatic carbocycles. The van der Waals surface area contributed by atoms with E-state index in [0.29, 0.717) is 34.3 Å². The van der Waals surface area contributed by atoms with Crippen LogP contribution in [0.5, 0.6) is 0 Å². The molecule has 7 heteroatoms. The fourth-order valence-corrected chi connectivity index (χ4v) is 4.53. The van der Waals surface area contributed by atoms with Crippen molar-refractivity contribution in [1.29, 1.82) is 0 Å². The monoisotopic (exact) mass is 543 g/mol. The van der Waals surface area contributed by atoms with Gasteiger partial charge in [0.1, 0.15) is 22.6 Å². The van der Waals surface area contributed by atoms with Gasteiger partial charge in [0, 0.05) is 29.1 Å². The summed E-state index contributed by atoms with van der Waals surface area (Å²) in [5.74, 6) is -1.14. The van der Waals surface area contributed by atoms with E-state index in [1.807, 2.05) is 45.0 Å². The third kappa shape index (κ3) is 7.14. The lowest BCUT2D eigenvalue weighted by molar-refractivity contribution is 0.00632. The number of benzene rings is 2. The number of fused-ring (bicyclic) bond motifs is 1. The van der Waals surface area contributed by atoms with E-state index < -0.39 is 17.4 Å². The second-order valence-corrected chi connectivity index (χ2v) is 12.1. The van der Waals surface area contributed by atoms with Gasteiger partial charge in [0.05, 0.1) is 0 Å². The number of aromatic amines is 1. The van der Waals surface area contributed by atoms with Gasteiger partial charge >= 0.3 is 5.97 Å². The van der Waals surface area contributed by atoms with Crippen LogP contribution >= 0.6 is 0 Å². The zero-order valence-electron chi connectivity index (χ0n) is 24.2. The first-order chi connectivity index (χ1) is 18.8. The van der Waals surface area contributed by atoms with Gasteiger partial charge in [-0.25, -0.2) is 14.2 Å². The average molecular weight is 544 g/mol. The summed E-state index contributed by atoms with van der Waals surface area (Å²) < 4.78 is 20.8. The number of amides is 1. The number of ether oxygens (including phenoxy) is 1. The predicted octanol–water partition coefficient (Wildman–Crippen LogP) is 5.85. The lowest BCUT2D eigenvalue weighted by atomic mass is 9.87. The molecular weight excluding hydrogens is 505 g/mol. The maximum atomic E-state index is 15.3. The molecule has 210 valence electrons. The van der Waals surface area contributed by atoms with Crippen LogP contribution in [0.4, 0.5) is 4.39 Å². The van der Waals surface area contributed by atoms with Gasteiger partial charge < -0.3 is 15.0 Å². The number of halogens is 1. The molecule has 2 heterocycles. The molecule has 2 N–H and O–H groups in total. The van der Waals surface area contributed by atoms with Crippen LogP contribution in [0.3, 0.4) is 0 Å². The highest BCUT2D eigenvalue weighted by Crippen LogP contribution is 2.23. The summed E-state index contributed by atoms with van der Waals surface area (Å²) in [5, 5.41) is 3.57. The molecule has 1 aliphatic heterocycles. The number of hydrogen-bond acceptors (Lipinski definition) is 4. The normalized spacial score (nSPS) is 13.9. The second kappa shape index (κ2) is 11.6. The molecule has 6 nitrogen and oxygen atoms in total. The van der Waals surface area contributed by atoms with E-state index in [2.05, 4.69) is 36.1 Å². The third-order valence-corrected chi connectivity index (χ3v) is 6.70. The van der Waals surface area contributed by atoms with Crippen molar-refractivity contribution in [3.63, 3.8) is 0 Å². The Morgan fingerprint density at radius 3 is 2.40 bits per heavy atom. The zero-order chi connectivity index (χ0) is 29.1. The van der Waals surface area contributed by atoms with Crippen LogP contribution in [0.2, 0.25) is 0 Å². The number of esters is 1. The molecule has 0 unspecified atom stereocenters. The van der Waals surface area contributed by atoms with Crippen molar-refractivity contribution in [1.82, 2.24) is 10.3 Å². The molecule has 0 aliphatic carbocycles. The Morgan fingerprint density at radius 1 is 1.02 bits per heavy atom. The van der Waals surface area contributed by atoms with Crippen LogP contribution in [-0.2, 0) is 16.7 Å². The van der Waals surface area contributed by atoms with Gasteiger partial charge in [-0.2, -0.15) is 0 Å². The molecule has 0 fully saturated rings. The highest BCUT2D eigenvalue weighted by molar-refractivity contribution is 5.94. The van der Waals surface area contributed by atoms with Gasteiger partial charge in [0.15, 0.2) is 0 Å². The largest absolute Gasteiger partial charge is 0.455 e. The molecule has 3 aromatic rings. The Hall–Kier alpha value is -4.00. The molecule has 0 saturated heterocycles. The lowest BCUT2D eigenvalue weighted by Gasteiger charge is -2.19. The van der Waals surface area contributed by atoms with E-state index in [1.165, 1.54) is 6.07 Å². The fourth-order valence-electron chi connectivity index (χ4n) is 4.53. The van der Waals surface area contributed by atoms with E-state index in [-0.39, 0.29) is 17.9 Å². The summed E-state index contributed by atoms with van der Waals surface area (Å²) in [6.07, 6.45) is 6.06. The number of carbonyl (C=O) groups excluding carboxylic acids is 2. The Kier molecular flexibility index (Phi) is 8.43. The smallest absolute Gasteiger partial charge is 0.355 e. The van der Waals surface area contributed by atoms with Crippen molar-refractivity contribution in [2.45, 2.75) is 78.4 Å². The highest BCUT2D eigenvalue weighted by Gasteiger charge is 2.20. The molecule has 0 spiro atoms. The number of rotatable bonds is 5. The van der Waals surface area contributed by atoms with Crippen LogP contribution in [0.25, 0.3) is 5.57 Å². The van der Waals surface area contributed by atoms with Crippen molar-refractivity contribution in [3.8, 4) is 0 Å². The second-order valence-electron chi connectivity index (χ2n) is 12.1. The van der Waals surface area contributed by atoms with Crippen LogP contribution in [0.1, 0.15) is 98.3 Å². The molecule has 40 heavy (non-hydrogen) atoms. The molecule has 4 rings (SSSR count). The molecule has 0 radical (unpaired) electrons. The molecule has 1 aromatic heterocycles. The number of H-pyrrole nitrogens is 1. The fraction of sp³-hybridized carbons (Fsp3) is 0.364. The van der Waals surface area contributed by atoms with Gasteiger partial charge in [-0.05, 0) is 86.4 Å². The Bertz CT molecular complexity index is 1550. The summed E-state index contributed by atoms with van der Waals surface area (Å²) in [6.45, 7) is 11.9. The van der Waals surface area contributed by atoms with Gasteiger partial charge in [-0.15, -0.1) is 0 Å². The van der Waals surface area contributed by atoms with Crippen LogP contribution in [-0.4, -0.2) is 22.5 Å². The summed E-state index contributed by atoms with van der Waals surface area (Å²) in [4.78, 5) is 33.0. The van der Waals surface area contributed by atoms with E-state index in [9.17, 15) is 9.59 Å². The maximum Gasteiger partial charge on any atom is 0.355 e. The molecule has 1 amide bonds. The summed E-state index contributed by atoms with van der Waals surface area (Å²) in [7, 11) is 0. The Balaban J connectivity index is 1.60. The SMILES string of the molecule is CC(C)(C)OC(=O)c1cc2c([nH]1)=NC=CCCCC=2c1ccc(CNC(=O)c2ccc(C(C)(C)C)cc2)c(F)c1.